The summed E-state index contributed by atoms with van der Waals surface area (Å²) in [4.78, 5) is 19.5. The fourth-order valence-electron chi connectivity index (χ4n) is 4.28. The van der Waals surface area contributed by atoms with Crippen molar-refractivity contribution in [2.24, 2.45) is 5.73 Å². The summed E-state index contributed by atoms with van der Waals surface area (Å²) in [6, 6.07) is 3.17. The summed E-state index contributed by atoms with van der Waals surface area (Å²) < 4.78 is 20.7. The normalized spacial score (nSPS) is 14.9. The number of halogens is 1. The maximum Gasteiger partial charge on any atom is 0.258 e. The van der Waals surface area contributed by atoms with Gasteiger partial charge in [-0.2, -0.15) is 0 Å². The SMILES string of the molecule is CNc1cc(F)cc2c1[nH]c1nc(Sc3nnc(-c4ncc(C)o4)s3)nc(N3CCC(N)CC3)c12. The number of piperidine rings is 1. The average Bonchev–Trinajstić information content (AvgIpc) is 3.57. The summed E-state index contributed by atoms with van der Waals surface area (Å²) in [5.41, 5.74) is 8.23. The van der Waals surface area contributed by atoms with Gasteiger partial charge in [0.25, 0.3) is 5.89 Å². The van der Waals surface area contributed by atoms with Crippen molar-refractivity contribution in [2.45, 2.75) is 35.3 Å². The molecule has 0 radical (unpaired) electrons. The Bertz CT molecular complexity index is 1540. The van der Waals surface area contributed by atoms with Gasteiger partial charge in [-0.3, -0.25) is 0 Å². The molecule has 35 heavy (non-hydrogen) atoms. The van der Waals surface area contributed by atoms with E-state index in [4.69, 9.17) is 20.1 Å². The van der Waals surface area contributed by atoms with Crippen LogP contribution in [0.15, 0.2) is 32.2 Å². The van der Waals surface area contributed by atoms with Crippen molar-refractivity contribution >= 4 is 56.5 Å². The van der Waals surface area contributed by atoms with Crippen LogP contribution in [0.3, 0.4) is 0 Å². The number of aryl methyl sites for hydroxylation is 1. The van der Waals surface area contributed by atoms with Crippen LogP contribution in [0.1, 0.15) is 18.6 Å². The van der Waals surface area contributed by atoms with Crippen LogP contribution in [0.5, 0.6) is 0 Å². The molecule has 5 aromatic rings. The lowest BCUT2D eigenvalue weighted by Crippen LogP contribution is -2.40. The lowest BCUT2D eigenvalue weighted by atomic mass is 10.1. The first-order valence-corrected chi connectivity index (χ1v) is 12.8. The molecule has 1 aliphatic rings. The molecule has 1 fully saturated rings. The Kier molecular flexibility index (Phi) is 5.54. The van der Waals surface area contributed by atoms with E-state index in [1.165, 1.54) is 35.2 Å². The Balaban J connectivity index is 1.45. The van der Waals surface area contributed by atoms with E-state index in [-0.39, 0.29) is 11.9 Å². The molecular weight excluding hydrogens is 489 g/mol. The highest BCUT2D eigenvalue weighted by atomic mass is 32.2. The van der Waals surface area contributed by atoms with Crippen LogP contribution in [-0.4, -0.2) is 56.3 Å². The van der Waals surface area contributed by atoms with Gasteiger partial charge in [-0.05, 0) is 43.7 Å². The Morgan fingerprint density at radius 2 is 2.09 bits per heavy atom. The largest absolute Gasteiger partial charge is 0.440 e. The van der Waals surface area contributed by atoms with Gasteiger partial charge in [-0.15, -0.1) is 10.2 Å². The second-order valence-electron chi connectivity index (χ2n) is 8.38. The van der Waals surface area contributed by atoms with Crippen LogP contribution in [-0.2, 0) is 0 Å². The molecule has 4 aromatic heterocycles. The molecule has 1 aromatic carbocycles. The number of nitrogens with zero attached hydrogens (tertiary/aromatic N) is 6. The third-order valence-electron chi connectivity index (χ3n) is 5.98. The molecule has 0 spiro atoms. The van der Waals surface area contributed by atoms with E-state index in [1.54, 1.807) is 13.2 Å². The monoisotopic (exact) mass is 511 g/mol. The van der Waals surface area contributed by atoms with Gasteiger partial charge in [0.15, 0.2) is 9.50 Å². The number of rotatable bonds is 5. The van der Waals surface area contributed by atoms with Gasteiger partial charge in [0.05, 0.1) is 22.8 Å². The van der Waals surface area contributed by atoms with Gasteiger partial charge >= 0.3 is 0 Å². The smallest absolute Gasteiger partial charge is 0.258 e. The van der Waals surface area contributed by atoms with Crippen molar-refractivity contribution < 1.29 is 8.81 Å². The molecule has 1 saturated heterocycles. The predicted molar refractivity (Wildman–Crippen MR) is 135 cm³/mol. The molecule has 0 aliphatic carbocycles. The molecule has 0 saturated carbocycles. The van der Waals surface area contributed by atoms with Crippen molar-refractivity contribution in [2.75, 3.05) is 30.4 Å². The van der Waals surface area contributed by atoms with E-state index in [2.05, 4.69) is 30.4 Å². The van der Waals surface area contributed by atoms with E-state index in [0.717, 1.165) is 48.0 Å². The summed E-state index contributed by atoms with van der Waals surface area (Å²) in [6.07, 6.45) is 3.37. The number of hydrogen-bond acceptors (Lipinski definition) is 11. The second-order valence-corrected chi connectivity index (χ2v) is 10.6. The Labute approximate surface area is 207 Å². The fourth-order valence-corrected chi connectivity index (χ4v) is 5.92. The van der Waals surface area contributed by atoms with Crippen molar-refractivity contribution in [1.29, 1.82) is 0 Å². The second kappa shape index (κ2) is 8.73. The molecule has 4 N–H and O–H groups in total. The van der Waals surface area contributed by atoms with Crippen LogP contribution in [0.4, 0.5) is 15.9 Å². The number of anilines is 2. The Morgan fingerprint density at radius 3 is 2.83 bits per heavy atom. The molecular formula is C22H22FN9OS2. The van der Waals surface area contributed by atoms with Gasteiger partial charge in [-0.25, -0.2) is 19.3 Å². The van der Waals surface area contributed by atoms with Gasteiger partial charge in [0, 0.05) is 31.6 Å². The van der Waals surface area contributed by atoms with Crippen LogP contribution in [0.2, 0.25) is 0 Å². The minimum atomic E-state index is -0.323. The predicted octanol–water partition coefficient (Wildman–Crippen LogP) is 4.19. The summed E-state index contributed by atoms with van der Waals surface area (Å²) in [5.74, 6) is 1.58. The summed E-state index contributed by atoms with van der Waals surface area (Å²) in [5, 5.41) is 14.2. The zero-order chi connectivity index (χ0) is 24.1. The number of fused-ring (bicyclic) bond motifs is 3. The first-order valence-electron chi connectivity index (χ1n) is 11.1. The standard InChI is InChI=1S/C22H22FN9OS2/c1-10-9-26-19(33-10)20-30-31-22(34-20)35-21-28-17-15(18(29-21)32-5-3-12(24)4-6-32)13-7-11(23)8-14(25-2)16(13)27-17/h7-9,12,25H,3-6,24H2,1-2H3,(H,27,28,29). The number of hydrogen-bond donors (Lipinski definition) is 3. The van der Waals surface area contributed by atoms with Crippen LogP contribution >= 0.6 is 23.1 Å². The molecule has 0 unspecified atom stereocenters. The van der Waals surface area contributed by atoms with Crippen molar-refractivity contribution in [3.8, 4) is 10.9 Å². The maximum atomic E-state index is 14.5. The molecule has 10 nitrogen and oxygen atoms in total. The van der Waals surface area contributed by atoms with E-state index in [9.17, 15) is 4.39 Å². The van der Waals surface area contributed by atoms with Crippen molar-refractivity contribution in [3.05, 3.63) is 29.9 Å². The minimum Gasteiger partial charge on any atom is -0.440 e. The number of benzene rings is 1. The lowest BCUT2D eigenvalue weighted by Gasteiger charge is -2.31. The summed E-state index contributed by atoms with van der Waals surface area (Å²) in [7, 11) is 1.77. The zero-order valence-electron chi connectivity index (χ0n) is 19.0. The highest BCUT2D eigenvalue weighted by Gasteiger charge is 2.24. The number of nitrogens with one attached hydrogen (secondary N) is 2. The molecule has 5 heterocycles. The average molecular weight is 512 g/mol. The molecule has 0 amide bonds. The van der Waals surface area contributed by atoms with Crippen LogP contribution in [0.25, 0.3) is 32.8 Å². The van der Waals surface area contributed by atoms with E-state index in [1.807, 2.05) is 6.92 Å². The number of aromatic amines is 1. The first-order chi connectivity index (χ1) is 17.0. The molecule has 1 aliphatic heterocycles. The highest BCUT2D eigenvalue weighted by molar-refractivity contribution is 8.00. The van der Waals surface area contributed by atoms with Crippen molar-refractivity contribution in [3.63, 3.8) is 0 Å². The zero-order valence-corrected chi connectivity index (χ0v) is 20.6. The van der Waals surface area contributed by atoms with Gasteiger partial charge in [0.1, 0.15) is 23.0 Å². The number of H-pyrrole nitrogens is 1. The summed E-state index contributed by atoms with van der Waals surface area (Å²) in [6.45, 7) is 3.37. The Morgan fingerprint density at radius 1 is 1.26 bits per heavy atom. The van der Waals surface area contributed by atoms with Crippen LogP contribution < -0.4 is 16.0 Å². The van der Waals surface area contributed by atoms with E-state index < -0.39 is 0 Å². The molecule has 0 atom stereocenters. The number of aromatic nitrogens is 6. The topological polar surface area (TPSA) is 135 Å². The first kappa shape index (κ1) is 22.2. The van der Waals surface area contributed by atoms with Crippen molar-refractivity contribution in [1.82, 2.24) is 30.1 Å². The quantitative estimate of drug-likeness (QED) is 0.295. The number of oxazole rings is 1. The molecule has 13 heteroatoms. The van der Waals surface area contributed by atoms with Crippen LogP contribution in [0, 0.1) is 12.7 Å². The minimum absolute atomic E-state index is 0.174. The number of nitrogens with two attached hydrogens (primary N) is 1. The highest BCUT2D eigenvalue weighted by Crippen LogP contribution is 2.39. The lowest BCUT2D eigenvalue weighted by molar-refractivity contribution is 0.498. The summed E-state index contributed by atoms with van der Waals surface area (Å²) >= 11 is 2.68. The van der Waals surface area contributed by atoms with E-state index in [0.29, 0.717) is 37.5 Å². The molecule has 180 valence electrons. The molecule has 6 rings (SSSR count). The maximum absolute atomic E-state index is 14.5. The van der Waals surface area contributed by atoms with Gasteiger partial charge < -0.3 is 25.4 Å². The Hall–Kier alpha value is -3.29. The van der Waals surface area contributed by atoms with E-state index >= 15 is 0 Å². The third-order valence-corrected chi connectivity index (χ3v) is 7.81. The third kappa shape index (κ3) is 4.09. The van der Waals surface area contributed by atoms with Gasteiger partial charge in [-0.1, -0.05) is 11.3 Å². The van der Waals surface area contributed by atoms with Gasteiger partial charge in [0.2, 0.25) is 5.01 Å². The molecule has 0 bridgehead atoms. The fraction of sp³-hybridized carbons (Fsp3) is 0.318.